The number of nitrogens with zero attached hydrogens (tertiary/aromatic N) is 2. The van der Waals surface area contributed by atoms with Crippen molar-refractivity contribution in [2.75, 3.05) is 6.54 Å². The van der Waals surface area contributed by atoms with Gasteiger partial charge in [0.05, 0.1) is 23.0 Å². The lowest BCUT2D eigenvalue weighted by Gasteiger charge is -2.20. The topological polar surface area (TPSA) is 64.1 Å². The highest BCUT2D eigenvalue weighted by atomic mass is 16.3. The third kappa shape index (κ3) is 3.14. The van der Waals surface area contributed by atoms with E-state index in [-0.39, 0.29) is 0 Å². The zero-order valence-electron chi connectivity index (χ0n) is 12.0. The van der Waals surface area contributed by atoms with E-state index in [0.717, 1.165) is 24.0 Å². The summed E-state index contributed by atoms with van der Waals surface area (Å²) in [6, 6.07) is 4.30. The van der Waals surface area contributed by atoms with Crippen molar-refractivity contribution in [2.24, 2.45) is 5.73 Å². The van der Waals surface area contributed by atoms with Crippen LogP contribution in [-0.2, 0) is 6.54 Å². The lowest BCUT2D eigenvalue weighted by Crippen LogP contribution is -2.34. The van der Waals surface area contributed by atoms with Crippen LogP contribution in [0.1, 0.15) is 30.9 Å². The molecule has 19 heavy (non-hydrogen) atoms. The summed E-state index contributed by atoms with van der Waals surface area (Å²) in [6.07, 6.45) is 3.47. The number of rotatable bonds is 5. The summed E-state index contributed by atoms with van der Waals surface area (Å²) in [5.74, 6) is 0. The molecular weight excluding hydrogens is 238 g/mol. The Bertz CT molecular complexity index is 572. The van der Waals surface area contributed by atoms with Crippen LogP contribution in [0, 0.1) is 13.8 Å². The zero-order valence-corrected chi connectivity index (χ0v) is 12.0. The van der Waals surface area contributed by atoms with Crippen molar-refractivity contribution in [3.8, 4) is 0 Å². The summed E-state index contributed by atoms with van der Waals surface area (Å²) >= 11 is 0. The number of fused-ring (bicyclic) bond motifs is 1. The van der Waals surface area contributed by atoms with Gasteiger partial charge in [-0.2, -0.15) is 0 Å². The average Bonchev–Trinajstić information content (AvgIpc) is 2.73. The van der Waals surface area contributed by atoms with Gasteiger partial charge in [-0.15, -0.1) is 0 Å². The van der Waals surface area contributed by atoms with Crippen molar-refractivity contribution in [2.45, 2.75) is 45.8 Å². The molecule has 0 saturated heterocycles. The number of aryl methyl sites for hydroxylation is 3. The number of hydrogen-bond donors (Lipinski definition) is 2. The Labute approximate surface area is 114 Å². The Balaban J connectivity index is 2.11. The van der Waals surface area contributed by atoms with Gasteiger partial charge in [0.2, 0.25) is 0 Å². The number of aliphatic hydroxyl groups is 1. The van der Waals surface area contributed by atoms with Crippen molar-refractivity contribution in [3.63, 3.8) is 0 Å². The summed E-state index contributed by atoms with van der Waals surface area (Å²) in [6.45, 7) is 7.16. The molecule has 1 aromatic heterocycles. The molecule has 1 unspecified atom stereocenters. The molecule has 1 heterocycles. The Kier molecular flexibility index (Phi) is 3.92. The van der Waals surface area contributed by atoms with Crippen LogP contribution in [0.2, 0.25) is 0 Å². The first-order valence-electron chi connectivity index (χ1n) is 6.77. The standard InChI is InChI=1S/C15H23N3O/c1-11-7-13-14(8-12(11)2)18(10-17-13)6-4-5-15(3,19)9-16/h7-8,10,19H,4-6,9,16H2,1-3H3. The minimum Gasteiger partial charge on any atom is -0.389 e. The molecule has 0 bridgehead atoms. The van der Waals surface area contributed by atoms with Crippen LogP contribution < -0.4 is 5.73 Å². The first-order valence-corrected chi connectivity index (χ1v) is 6.77. The molecule has 0 aliphatic carbocycles. The molecule has 2 rings (SSSR count). The summed E-state index contributed by atoms with van der Waals surface area (Å²) in [5.41, 5.74) is 9.51. The molecule has 4 heteroatoms. The van der Waals surface area contributed by atoms with E-state index in [0.29, 0.717) is 13.0 Å². The third-order valence-corrected chi connectivity index (χ3v) is 3.79. The molecule has 1 atom stereocenters. The largest absolute Gasteiger partial charge is 0.389 e. The van der Waals surface area contributed by atoms with Gasteiger partial charge in [-0.05, 0) is 56.9 Å². The number of aromatic nitrogens is 2. The molecule has 0 fully saturated rings. The van der Waals surface area contributed by atoms with Crippen LogP contribution in [0.15, 0.2) is 18.5 Å². The van der Waals surface area contributed by atoms with Gasteiger partial charge in [-0.3, -0.25) is 0 Å². The van der Waals surface area contributed by atoms with Gasteiger partial charge in [-0.25, -0.2) is 4.98 Å². The SMILES string of the molecule is Cc1cc2ncn(CCCC(C)(O)CN)c2cc1C. The van der Waals surface area contributed by atoms with Gasteiger partial charge in [-0.1, -0.05) is 0 Å². The molecule has 0 spiro atoms. The van der Waals surface area contributed by atoms with Gasteiger partial charge < -0.3 is 15.4 Å². The summed E-state index contributed by atoms with van der Waals surface area (Å²) in [7, 11) is 0. The molecule has 0 aliphatic rings. The maximum atomic E-state index is 9.90. The fourth-order valence-corrected chi connectivity index (χ4v) is 2.22. The predicted octanol–water partition coefficient (Wildman–Crippen LogP) is 2.14. The van der Waals surface area contributed by atoms with Crippen LogP contribution >= 0.6 is 0 Å². The normalized spacial score (nSPS) is 14.8. The number of benzene rings is 1. The molecule has 1 aromatic carbocycles. The highest BCUT2D eigenvalue weighted by Crippen LogP contribution is 2.19. The first kappa shape index (κ1) is 14.0. The fourth-order valence-electron chi connectivity index (χ4n) is 2.22. The number of nitrogens with two attached hydrogens (primary N) is 1. The molecule has 4 nitrogen and oxygen atoms in total. The lowest BCUT2D eigenvalue weighted by molar-refractivity contribution is 0.0567. The van der Waals surface area contributed by atoms with E-state index < -0.39 is 5.60 Å². The van der Waals surface area contributed by atoms with Gasteiger partial charge in [0, 0.05) is 13.1 Å². The van der Waals surface area contributed by atoms with Crippen LogP contribution in [0.5, 0.6) is 0 Å². The van der Waals surface area contributed by atoms with Gasteiger partial charge in [0.1, 0.15) is 0 Å². The summed E-state index contributed by atoms with van der Waals surface area (Å²) in [5, 5.41) is 9.90. The molecular formula is C15H23N3O. The molecule has 104 valence electrons. The van der Waals surface area contributed by atoms with E-state index in [4.69, 9.17) is 5.73 Å². The van der Waals surface area contributed by atoms with Crippen molar-refractivity contribution in [1.29, 1.82) is 0 Å². The fraction of sp³-hybridized carbons (Fsp3) is 0.533. The lowest BCUT2D eigenvalue weighted by atomic mass is 10.0. The maximum absolute atomic E-state index is 9.90. The number of hydrogen-bond acceptors (Lipinski definition) is 3. The molecule has 2 aromatic rings. The van der Waals surface area contributed by atoms with E-state index in [2.05, 4.69) is 35.5 Å². The van der Waals surface area contributed by atoms with Gasteiger partial charge in [0.25, 0.3) is 0 Å². The predicted molar refractivity (Wildman–Crippen MR) is 78.1 cm³/mol. The van der Waals surface area contributed by atoms with Crippen molar-refractivity contribution in [1.82, 2.24) is 9.55 Å². The van der Waals surface area contributed by atoms with Gasteiger partial charge >= 0.3 is 0 Å². The minimum absolute atomic E-state index is 0.302. The van der Waals surface area contributed by atoms with Crippen molar-refractivity contribution >= 4 is 11.0 Å². The molecule has 3 N–H and O–H groups in total. The Morgan fingerprint density at radius 2 is 2.00 bits per heavy atom. The maximum Gasteiger partial charge on any atom is 0.0958 e. The quantitative estimate of drug-likeness (QED) is 0.866. The highest BCUT2D eigenvalue weighted by Gasteiger charge is 2.17. The van der Waals surface area contributed by atoms with E-state index in [1.807, 2.05) is 6.33 Å². The zero-order chi connectivity index (χ0) is 14.0. The van der Waals surface area contributed by atoms with E-state index >= 15 is 0 Å². The minimum atomic E-state index is -0.761. The molecule has 0 amide bonds. The smallest absolute Gasteiger partial charge is 0.0958 e. The monoisotopic (exact) mass is 261 g/mol. The second kappa shape index (κ2) is 5.31. The third-order valence-electron chi connectivity index (χ3n) is 3.79. The van der Waals surface area contributed by atoms with Crippen LogP contribution in [0.3, 0.4) is 0 Å². The number of imidazole rings is 1. The first-order chi connectivity index (χ1) is 8.93. The summed E-state index contributed by atoms with van der Waals surface area (Å²) in [4.78, 5) is 4.43. The van der Waals surface area contributed by atoms with Crippen LogP contribution in [0.25, 0.3) is 11.0 Å². The summed E-state index contributed by atoms with van der Waals surface area (Å²) < 4.78 is 2.15. The van der Waals surface area contributed by atoms with Crippen LogP contribution in [-0.4, -0.2) is 26.8 Å². The van der Waals surface area contributed by atoms with E-state index in [1.165, 1.54) is 11.1 Å². The van der Waals surface area contributed by atoms with E-state index in [1.54, 1.807) is 6.92 Å². The van der Waals surface area contributed by atoms with Crippen molar-refractivity contribution < 1.29 is 5.11 Å². The molecule has 0 aliphatic heterocycles. The van der Waals surface area contributed by atoms with Gasteiger partial charge in [0.15, 0.2) is 0 Å². The Morgan fingerprint density at radius 1 is 1.32 bits per heavy atom. The molecule has 0 radical (unpaired) electrons. The second-order valence-corrected chi connectivity index (χ2v) is 5.67. The Morgan fingerprint density at radius 3 is 2.68 bits per heavy atom. The highest BCUT2D eigenvalue weighted by molar-refractivity contribution is 5.77. The molecule has 0 saturated carbocycles. The van der Waals surface area contributed by atoms with Crippen LogP contribution in [0.4, 0.5) is 0 Å². The average molecular weight is 261 g/mol. The van der Waals surface area contributed by atoms with Crippen molar-refractivity contribution in [3.05, 3.63) is 29.6 Å². The van der Waals surface area contributed by atoms with E-state index in [9.17, 15) is 5.11 Å². The Hall–Kier alpha value is -1.39. The second-order valence-electron chi connectivity index (χ2n) is 5.67.